The van der Waals surface area contributed by atoms with E-state index in [2.05, 4.69) is 306 Å². The van der Waals surface area contributed by atoms with Crippen LogP contribution >= 0.6 is 0 Å². The van der Waals surface area contributed by atoms with Crippen molar-refractivity contribution in [2.24, 2.45) is 0 Å². The van der Waals surface area contributed by atoms with Crippen LogP contribution in [0.2, 0.25) is 0 Å². The number of anilines is 6. The SMILES string of the molecule is CC(C)(C)c1ccc(N2c3ccc(C4CCCCC4)cc3B3c4cc(C5CCCCC5)ccc4N(c4ccc(C(C)(C)C)cc4)c4cc(-c5nc(-c6cc(-c7ccccc7)cc(-c7ccccc7)c6)nc(-c6cc(-c7ccccc7)cc(-c7ccccc7)c6)n5)cc2c43)cc1. The molecule has 0 radical (unpaired) electrons. The molecular weight excluding hydrogens is 1150 g/mol. The zero-order valence-corrected chi connectivity index (χ0v) is 55.8. The fraction of sp³-hybridized carbons (Fsp3) is 0.225. The Bertz CT molecular complexity index is 4380. The highest BCUT2D eigenvalue weighted by atomic mass is 15.2. The van der Waals surface area contributed by atoms with Gasteiger partial charge in [-0.25, -0.2) is 15.0 Å². The topological polar surface area (TPSA) is 45.2 Å². The number of nitrogens with zero attached hydrogens (tertiary/aromatic N) is 5. The van der Waals surface area contributed by atoms with Crippen LogP contribution in [0.15, 0.2) is 255 Å². The molecule has 0 atom stereocenters. The van der Waals surface area contributed by atoms with Crippen LogP contribution in [0.25, 0.3) is 78.7 Å². The summed E-state index contributed by atoms with van der Waals surface area (Å²) in [5.74, 6) is 2.86. The summed E-state index contributed by atoms with van der Waals surface area (Å²) in [6, 6.07) is 95.5. The van der Waals surface area contributed by atoms with E-state index < -0.39 is 0 Å². The standard InChI is InChI=1S/C89H82BN5/c1-88(2,3)74-39-43-76(44-40-74)94-80-47-37-65(59-25-13-7-14-26-59)55-78(80)90-79-56-66(60-27-15-8-16-28-60)38-48-81(79)95(77-45-41-75(42-46-77)89(4,5)6)83-58-73(57-82(94)84(83)90)87-92-85(71-51-67(61-29-17-9-18-30-61)49-68(52-71)62-31-19-10-20-32-62)91-86(93-87)72-53-69(63-33-21-11-22-34-63)50-70(54-72)64-35-23-12-24-36-64/h9-12,17-24,29-60H,7-8,13-16,25-28H2,1-6H3. The minimum absolute atomic E-state index is 0.0285. The minimum Gasteiger partial charge on any atom is -0.311 e. The number of fused-ring (bicyclic) bond motifs is 4. The van der Waals surface area contributed by atoms with Crippen molar-refractivity contribution in [1.29, 1.82) is 0 Å². The van der Waals surface area contributed by atoms with Crippen LogP contribution < -0.4 is 26.2 Å². The van der Waals surface area contributed by atoms with Crippen LogP contribution in [0.5, 0.6) is 0 Å². The Kier molecular flexibility index (Phi) is 15.7. The molecule has 0 saturated heterocycles. The van der Waals surface area contributed by atoms with Crippen LogP contribution in [0.4, 0.5) is 34.1 Å². The second kappa shape index (κ2) is 24.8. The molecule has 2 aliphatic carbocycles. The van der Waals surface area contributed by atoms with E-state index in [1.165, 1.54) is 114 Å². The second-order valence-electron chi connectivity index (χ2n) is 29.3. The van der Waals surface area contributed by atoms with Crippen LogP contribution in [0.1, 0.15) is 140 Å². The summed E-state index contributed by atoms with van der Waals surface area (Å²) in [5, 5.41) is 0. The van der Waals surface area contributed by atoms with Crippen molar-refractivity contribution in [3.8, 4) is 78.7 Å². The molecule has 5 nitrogen and oxygen atoms in total. The monoisotopic (exact) mass is 1230 g/mol. The first kappa shape index (κ1) is 60.1. The zero-order valence-electron chi connectivity index (χ0n) is 55.8. The van der Waals surface area contributed by atoms with E-state index in [-0.39, 0.29) is 17.5 Å². The Morgan fingerprint density at radius 3 is 0.916 bits per heavy atom. The van der Waals surface area contributed by atoms with Gasteiger partial charge in [0, 0.05) is 50.8 Å². The lowest BCUT2D eigenvalue weighted by Crippen LogP contribution is -2.61. The summed E-state index contributed by atoms with van der Waals surface area (Å²) in [4.78, 5) is 22.5. The number of hydrogen-bond acceptors (Lipinski definition) is 5. The van der Waals surface area contributed by atoms with E-state index in [0.29, 0.717) is 29.3 Å². The number of hydrogen-bond donors (Lipinski definition) is 0. The first-order valence-corrected chi connectivity index (χ1v) is 34.9. The van der Waals surface area contributed by atoms with E-state index >= 15 is 0 Å². The maximum Gasteiger partial charge on any atom is 0.252 e. The molecule has 16 rings (SSSR count). The third-order valence-corrected chi connectivity index (χ3v) is 21.0. The lowest BCUT2D eigenvalue weighted by Gasteiger charge is -2.45. The summed E-state index contributed by atoms with van der Waals surface area (Å²) in [7, 11) is 0. The molecule has 2 aliphatic heterocycles. The average molecular weight is 1230 g/mol. The maximum absolute atomic E-state index is 5.82. The van der Waals surface area contributed by atoms with Gasteiger partial charge < -0.3 is 9.80 Å². The molecule has 4 aliphatic rings. The van der Waals surface area contributed by atoms with E-state index in [0.717, 1.165) is 83.9 Å². The van der Waals surface area contributed by atoms with Crippen molar-refractivity contribution in [2.45, 2.75) is 128 Å². The van der Waals surface area contributed by atoms with Gasteiger partial charge in [0.05, 0.1) is 0 Å². The highest BCUT2D eigenvalue weighted by Crippen LogP contribution is 2.49. The summed E-state index contributed by atoms with van der Waals surface area (Å²) in [6.07, 6.45) is 12.7. The lowest BCUT2D eigenvalue weighted by atomic mass is 9.33. The van der Waals surface area contributed by atoms with Crippen molar-refractivity contribution in [1.82, 2.24) is 15.0 Å². The number of benzene rings is 11. The predicted octanol–water partition coefficient (Wildman–Crippen LogP) is 22.3. The summed E-state index contributed by atoms with van der Waals surface area (Å²) in [5.41, 5.74) is 28.1. The molecule has 2 fully saturated rings. The van der Waals surface area contributed by atoms with Crippen LogP contribution in [0.3, 0.4) is 0 Å². The largest absolute Gasteiger partial charge is 0.311 e. The molecule has 0 unspecified atom stereocenters. The summed E-state index contributed by atoms with van der Waals surface area (Å²) in [6.45, 7) is 13.8. The fourth-order valence-electron chi connectivity index (χ4n) is 15.8. The van der Waals surface area contributed by atoms with E-state index in [1.807, 2.05) is 0 Å². The molecule has 95 heavy (non-hydrogen) atoms. The first-order chi connectivity index (χ1) is 46.3. The molecule has 0 N–H and O–H groups in total. The third kappa shape index (κ3) is 11.7. The van der Waals surface area contributed by atoms with Gasteiger partial charge in [-0.15, -0.1) is 0 Å². The zero-order chi connectivity index (χ0) is 64.4. The first-order valence-electron chi connectivity index (χ1n) is 34.9. The molecule has 12 aromatic rings. The lowest BCUT2D eigenvalue weighted by molar-refractivity contribution is 0.444. The van der Waals surface area contributed by atoms with Gasteiger partial charge in [-0.05, 0) is 216 Å². The van der Waals surface area contributed by atoms with Crippen LogP contribution in [-0.4, -0.2) is 21.7 Å². The minimum atomic E-state index is -0.0555. The summed E-state index contributed by atoms with van der Waals surface area (Å²) >= 11 is 0. The van der Waals surface area contributed by atoms with Gasteiger partial charge in [-0.3, -0.25) is 0 Å². The number of rotatable bonds is 11. The normalized spacial score (nSPS) is 14.9. The van der Waals surface area contributed by atoms with Crippen LogP contribution in [0, 0.1) is 0 Å². The Balaban J connectivity index is 1.00. The Hall–Kier alpha value is -9.91. The van der Waals surface area contributed by atoms with E-state index in [1.54, 1.807) is 0 Å². The van der Waals surface area contributed by atoms with Crippen molar-refractivity contribution in [3.63, 3.8) is 0 Å². The van der Waals surface area contributed by atoms with Gasteiger partial charge in [0.1, 0.15) is 0 Å². The Morgan fingerprint density at radius 1 is 0.295 bits per heavy atom. The van der Waals surface area contributed by atoms with Gasteiger partial charge >= 0.3 is 0 Å². The van der Waals surface area contributed by atoms with Crippen molar-refractivity contribution < 1.29 is 0 Å². The molecule has 3 heterocycles. The molecular formula is C89H82BN5. The van der Waals surface area contributed by atoms with Gasteiger partial charge in [0.25, 0.3) is 6.71 Å². The maximum atomic E-state index is 5.82. The molecule has 0 amide bonds. The van der Waals surface area contributed by atoms with Gasteiger partial charge in [-0.2, -0.15) is 0 Å². The predicted molar refractivity (Wildman–Crippen MR) is 401 cm³/mol. The van der Waals surface area contributed by atoms with Gasteiger partial charge in [0.2, 0.25) is 0 Å². The number of aromatic nitrogens is 3. The second-order valence-corrected chi connectivity index (χ2v) is 29.3. The molecule has 2 saturated carbocycles. The quantitative estimate of drug-likeness (QED) is 0.121. The smallest absolute Gasteiger partial charge is 0.252 e. The highest BCUT2D eigenvalue weighted by Gasteiger charge is 2.45. The average Bonchev–Trinajstić information content (AvgIpc) is 0.696. The van der Waals surface area contributed by atoms with Gasteiger partial charge in [-0.1, -0.05) is 250 Å². The molecule has 466 valence electrons. The van der Waals surface area contributed by atoms with E-state index in [9.17, 15) is 0 Å². The van der Waals surface area contributed by atoms with E-state index in [4.69, 9.17) is 15.0 Å². The highest BCUT2D eigenvalue weighted by molar-refractivity contribution is 7.00. The Morgan fingerprint density at radius 2 is 0.600 bits per heavy atom. The molecule has 1 aromatic heterocycles. The van der Waals surface area contributed by atoms with Crippen LogP contribution in [-0.2, 0) is 10.8 Å². The molecule has 0 bridgehead atoms. The van der Waals surface area contributed by atoms with Crippen molar-refractivity contribution in [3.05, 3.63) is 277 Å². The molecule has 11 aromatic carbocycles. The molecule has 0 spiro atoms. The third-order valence-electron chi connectivity index (χ3n) is 21.0. The van der Waals surface area contributed by atoms with Crippen molar-refractivity contribution in [2.75, 3.05) is 9.80 Å². The summed E-state index contributed by atoms with van der Waals surface area (Å²) < 4.78 is 0. The fourth-order valence-corrected chi connectivity index (χ4v) is 15.8. The Labute approximate surface area is 562 Å². The van der Waals surface area contributed by atoms with Crippen molar-refractivity contribution >= 4 is 57.2 Å². The van der Waals surface area contributed by atoms with Gasteiger partial charge in [0.15, 0.2) is 17.5 Å². The molecule has 6 heteroatoms.